The van der Waals surface area contributed by atoms with E-state index >= 15 is 0 Å². The van der Waals surface area contributed by atoms with E-state index in [1.165, 1.54) is 0 Å². The number of aliphatic hydroxyl groups is 1. The average molecular weight is 331 g/mol. The van der Waals surface area contributed by atoms with Gasteiger partial charge in [0.1, 0.15) is 0 Å². The fourth-order valence-electron chi connectivity index (χ4n) is 2.99. The predicted octanol–water partition coefficient (Wildman–Crippen LogP) is 2.75. The van der Waals surface area contributed by atoms with E-state index in [1.807, 2.05) is 44.2 Å². The Hall–Kier alpha value is -1.69. The molecule has 0 bridgehead atoms. The van der Waals surface area contributed by atoms with E-state index in [0.29, 0.717) is 6.42 Å². The van der Waals surface area contributed by atoms with E-state index in [4.69, 9.17) is 0 Å². The molecule has 0 unspecified atom stereocenters. The fraction of sp³-hybridized carbons (Fsp3) is 0.333. The second kappa shape index (κ2) is 6.07. The normalized spacial score (nSPS) is 20.7. The Bertz CT molecular complexity index is 815. The van der Waals surface area contributed by atoms with E-state index in [-0.39, 0.29) is 10.8 Å². The molecule has 4 nitrogen and oxygen atoms in total. The van der Waals surface area contributed by atoms with Gasteiger partial charge in [-0.2, -0.15) is 0 Å². The maximum Gasteiger partial charge on any atom is 0.241 e. The minimum absolute atomic E-state index is 0.236. The first-order chi connectivity index (χ1) is 10.9. The minimum Gasteiger partial charge on any atom is -0.391 e. The summed E-state index contributed by atoms with van der Waals surface area (Å²) in [5, 5.41) is 10.2. The molecule has 122 valence electrons. The highest BCUT2D eigenvalue weighted by molar-refractivity contribution is 7.89. The molecule has 1 aliphatic carbocycles. The van der Waals surface area contributed by atoms with Crippen LogP contribution in [0.25, 0.3) is 0 Å². The maximum atomic E-state index is 12.7. The summed E-state index contributed by atoms with van der Waals surface area (Å²) in [6, 6.07) is 13.9. The largest absolute Gasteiger partial charge is 0.391 e. The molecule has 0 radical (unpaired) electrons. The molecule has 0 spiro atoms. The van der Waals surface area contributed by atoms with Gasteiger partial charge in [-0.25, -0.2) is 13.1 Å². The Morgan fingerprint density at radius 3 is 2.61 bits per heavy atom. The second-order valence-electron chi connectivity index (χ2n) is 6.30. The summed E-state index contributed by atoms with van der Waals surface area (Å²) >= 11 is 0. The Morgan fingerprint density at radius 2 is 1.87 bits per heavy atom. The molecule has 23 heavy (non-hydrogen) atoms. The molecule has 1 aliphatic rings. The van der Waals surface area contributed by atoms with Crippen LogP contribution in [0, 0.1) is 0 Å². The lowest BCUT2D eigenvalue weighted by Gasteiger charge is -2.18. The zero-order valence-corrected chi connectivity index (χ0v) is 14.0. The third-order valence-corrected chi connectivity index (χ3v) is 5.76. The van der Waals surface area contributed by atoms with Gasteiger partial charge in [-0.3, -0.25) is 0 Å². The van der Waals surface area contributed by atoms with Gasteiger partial charge in [0.15, 0.2) is 0 Å². The summed E-state index contributed by atoms with van der Waals surface area (Å²) in [5.74, 6) is 0.253. The van der Waals surface area contributed by atoms with Crippen molar-refractivity contribution in [1.29, 1.82) is 0 Å². The van der Waals surface area contributed by atoms with Crippen molar-refractivity contribution in [3.8, 4) is 0 Å². The number of benzene rings is 2. The van der Waals surface area contributed by atoms with Gasteiger partial charge in [0.25, 0.3) is 0 Å². The molecule has 2 aromatic carbocycles. The minimum atomic E-state index is -3.69. The smallest absolute Gasteiger partial charge is 0.241 e. The molecule has 0 amide bonds. The third-order valence-electron chi connectivity index (χ3n) is 4.32. The van der Waals surface area contributed by atoms with Gasteiger partial charge in [-0.15, -0.1) is 0 Å². The van der Waals surface area contributed by atoms with Crippen molar-refractivity contribution in [3.05, 3.63) is 65.2 Å². The number of hydrogen-bond acceptors (Lipinski definition) is 3. The first-order valence-corrected chi connectivity index (χ1v) is 9.25. The Morgan fingerprint density at radius 1 is 1.13 bits per heavy atom. The number of fused-ring (bicyclic) bond motifs is 1. The van der Waals surface area contributed by atoms with Crippen LogP contribution in [-0.2, 0) is 16.4 Å². The zero-order chi connectivity index (χ0) is 16.6. The van der Waals surface area contributed by atoms with Gasteiger partial charge < -0.3 is 5.11 Å². The van der Waals surface area contributed by atoms with Crippen molar-refractivity contribution in [2.24, 2.45) is 0 Å². The summed E-state index contributed by atoms with van der Waals surface area (Å²) in [6.45, 7) is 4.05. The molecule has 0 saturated heterocycles. The maximum absolute atomic E-state index is 12.7. The standard InChI is InChI=1S/C18H21NO3S/c1-12(2)13-7-5-8-15(10-13)23(21,22)19-18-16-9-4-3-6-14(16)11-17(18)20/h3-10,12,17-20H,11H2,1-2H3/t17-,18+/m1/s1. The lowest BCUT2D eigenvalue weighted by molar-refractivity contribution is 0.151. The Balaban J connectivity index is 1.91. The van der Waals surface area contributed by atoms with E-state index in [0.717, 1.165) is 16.7 Å². The summed E-state index contributed by atoms with van der Waals surface area (Å²) < 4.78 is 28.1. The van der Waals surface area contributed by atoms with Gasteiger partial charge in [-0.1, -0.05) is 50.2 Å². The molecule has 2 aromatic rings. The molecular formula is C18H21NO3S. The van der Waals surface area contributed by atoms with Crippen LogP contribution >= 0.6 is 0 Å². The van der Waals surface area contributed by atoms with Crippen molar-refractivity contribution >= 4 is 10.0 Å². The van der Waals surface area contributed by atoms with E-state index < -0.39 is 22.2 Å². The van der Waals surface area contributed by atoms with E-state index in [2.05, 4.69) is 4.72 Å². The SMILES string of the molecule is CC(C)c1cccc(S(=O)(=O)N[C@H]2c3ccccc3C[C@H]2O)c1. The van der Waals surface area contributed by atoms with Crippen LogP contribution in [0.4, 0.5) is 0 Å². The third kappa shape index (κ3) is 3.17. The summed E-state index contributed by atoms with van der Waals surface area (Å²) in [6.07, 6.45) is -0.273. The second-order valence-corrected chi connectivity index (χ2v) is 8.01. The molecule has 0 heterocycles. The first kappa shape index (κ1) is 16.2. The predicted molar refractivity (Wildman–Crippen MR) is 89.7 cm³/mol. The molecule has 5 heteroatoms. The van der Waals surface area contributed by atoms with Crippen LogP contribution in [0.2, 0.25) is 0 Å². The summed E-state index contributed by atoms with van der Waals surface area (Å²) in [4.78, 5) is 0.236. The first-order valence-electron chi connectivity index (χ1n) is 7.76. The molecule has 0 fully saturated rings. The monoisotopic (exact) mass is 331 g/mol. The van der Waals surface area contributed by atoms with Crippen molar-refractivity contribution in [2.45, 2.75) is 43.2 Å². The van der Waals surface area contributed by atoms with Gasteiger partial charge in [0.05, 0.1) is 17.0 Å². The van der Waals surface area contributed by atoms with Crippen LogP contribution in [-0.4, -0.2) is 19.6 Å². The molecule has 2 atom stereocenters. The highest BCUT2D eigenvalue weighted by Crippen LogP contribution is 2.32. The van der Waals surface area contributed by atoms with Crippen molar-refractivity contribution in [2.75, 3.05) is 0 Å². The van der Waals surface area contributed by atoms with Crippen molar-refractivity contribution < 1.29 is 13.5 Å². The molecule has 3 rings (SSSR count). The molecule has 0 aromatic heterocycles. The molecule has 2 N–H and O–H groups in total. The average Bonchev–Trinajstić information content (AvgIpc) is 2.83. The van der Waals surface area contributed by atoms with Crippen LogP contribution < -0.4 is 4.72 Å². The van der Waals surface area contributed by atoms with Gasteiger partial charge >= 0.3 is 0 Å². The van der Waals surface area contributed by atoms with Crippen LogP contribution in [0.1, 0.15) is 42.5 Å². The molecule has 0 aliphatic heterocycles. The van der Waals surface area contributed by atoms with Gasteiger partial charge in [0.2, 0.25) is 10.0 Å². The Labute approximate surface area is 137 Å². The summed E-state index contributed by atoms with van der Waals surface area (Å²) in [7, 11) is -3.69. The quantitative estimate of drug-likeness (QED) is 0.905. The van der Waals surface area contributed by atoms with Crippen molar-refractivity contribution in [3.63, 3.8) is 0 Å². The van der Waals surface area contributed by atoms with Crippen LogP contribution in [0.3, 0.4) is 0 Å². The highest BCUT2D eigenvalue weighted by atomic mass is 32.2. The number of sulfonamides is 1. The number of rotatable bonds is 4. The van der Waals surface area contributed by atoms with E-state index in [9.17, 15) is 13.5 Å². The fourth-order valence-corrected chi connectivity index (χ4v) is 4.30. The zero-order valence-electron chi connectivity index (χ0n) is 13.2. The number of nitrogens with one attached hydrogen (secondary N) is 1. The number of aliphatic hydroxyl groups excluding tert-OH is 1. The lowest BCUT2D eigenvalue weighted by Crippen LogP contribution is -2.33. The molecule has 0 saturated carbocycles. The van der Waals surface area contributed by atoms with Crippen molar-refractivity contribution in [1.82, 2.24) is 4.72 Å². The van der Waals surface area contributed by atoms with Crippen LogP contribution in [0.15, 0.2) is 53.4 Å². The van der Waals surface area contributed by atoms with E-state index in [1.54, 1.807) is 18.2 Å². The highest BCUT2D eigenvalue weighted by Gasteiger charge is 2.34. The molecular weight excluding hydrogens is 310 g/mol. The van der Waals surface area contributed by atoms with Gasteiger partial charge in [0, 0.05) is 6.42 Å². The lowest BCUT2D eigenvalue weighted by atomic mass is 10.0. The topological polar surface area (TPSA) is 66.4 Å². The number of hydrogen-bond donors (Lipinski definition) is 2. The van der Waals surface area contributed by atoms with Gasteiger partial charge in [-0.05, 0) is 34.7 Å². The van der Waals surface area contributed by atoms with Crippen LogP contribution in [0.5, 0.6) is 0 Å². The summed E-state index contributed by atoms with van der Waals surface area (Å²) in [5.41, 5.74) is 2.81. The Kier molecular flexibility index (Phi) is 4.27.